The van der Waals surface area contributed by atoms with Gasteiger partial charge in [-0.1, -0.05) is 80.9 Å². The van der Waals surface area contributed by atoms with Crippen molar-refractivity contribution in [3.05, 3.63) is 95.6 Å². The van der Waals surface area contributed by atoms with Crippen LogP contribution in [0.15, 0.2) is 83.8 Å². The van der Waals surface area contributed by atoms with Crippen molar-refractivity contribution in [2.24, 2.45) is 0 Å². The summed E-state index contributed by atoms with van der Waals surface area (Å²) in [6.07, 6.45) is 0. The summed E-state index contributed by atoms with van der Waals surface area (Å²) in [7, 11) is -3.91. The van der Waals surface area contributed by atoms with E-state index in [2.05, 4.69) is 38.2 Å². The third kappa shape index (κ3) is 6.02. The van der Waals surface area contributed by atoms with Crippen LogP contribution >= 0.6 is 0 Å². The molecule has 0 aliphatic rings. The molecule has 0 radical (unpaired) electrons. The first-order valence-electron chi connectivity index (χ1n) is 11.0. The highest BCUT2D eigenvalue weighted by Crippen LogP contribution is 2.25. The topological polar surface area (TPSA) is 66.5 Å². The minimum Gasteiger partial charge on any atom is -0.348 e. The van der Waals surface area contributed by atoms with Gasteiger partial charge in [0.05, 0.1) is 16.6 Å². The monoisotopic (exact) mass is 464 g/mol. The fraction of sp³-hybridized carbons (Fsp3) is 0.296. The number of aryl methyl sites for hydroxylation is 1. The molecule has 0 saturated heterocycles. The molecule has 0 unspecified atom stereocenters. The minimum absolute atomic E-state index is 0.0470. The Morgan fingerprint density at radius 2 is 1.48 bits per heavy atom. The van der Waals surface area contributed by atoms with Crippen LogP contribution in [0, 0.1) is 6.92 Å². The maximum Gasteiger partial charge on any atom is 0.264 e. The molecule has 0 saturated carbocycles. The van der Waals surface area contributed by atoms with Gasteiger partial charge in [-0.15, -0.1) is 0 Å². The molecule has 0 aromatic heterocycles. The fourth-order valence-corrected chi connectivity index (χ4v) is 4.96. The van der Waals surface area contributed by atoms with Crippen LogP contribution in [0.25, 0.3) is 0 Å². The lowest BCUT2D eigenvalue weighted by atomic mass is 9.86. The number of rotatable bonds is 7. The average molecular weight is 465 g/mol. The molecule has 6 heteroatoms. The lowest BCUT2D eigenvalue weighted by molar-refractivity contribution is -0.120. The number of nitrogens with one attached hydrogen (secondary N) is 1. The standard InChI is InChI=1S/C27H32N2O3S/c1-20-11-17-24(18-12-20)29(33(31,32)25-9-7-6-8-10-25)19-26(30)28-21(2)22-13-15-23(16-14-22)27(3,4)5/h6-18,21H,19H2,1-5H3,(H,28,30)/t21-/m1/s1. The van der Waals surface area contributed by atoms with Crippen molar-refractivity contribution >= 4 is 21.6 Å². The Morgan fingerprint density at radius 3 is 2.03 bits per heavy atom. The normalized spacial score (nSPS) is 12.8. The zero-order chi connectivity index (χ0) is 24.2. The average Bonchev–Trinajstić information content (AvgIpc) is 2.78. The summed E-state index contributed by atoms with van der Waals surface area (Å²) in [6, 6.07) is 23.2. The number of hydrogen-bond acceptors (Lipinski definition) is 3. The molecule has 0 spiro atoms. The third-order valence-corrected chi connectivity index (χ3v) is 7.38. The van der Waals surface area contributed by atoms with Gasteiger partial charge in [-0.3, -0.25) is 9.10 Å². The quantitative estimate of drug-likeness (QED) is 0.511. The van der Waals surface area contributed by atoms with E-state index >= 15 is 0 Å². The highest BCUT2D eigenvalue weighted by molar-refractivity contribution is 7.92. The van der Waals surface area contributed by atoms with Crippen LogP contribution in [0.2, 0.25) is 0 Å². The van der Waals surface area contributed by atoms with Gasteiger partial charge in [0, 0.05) is 0 Å². The number of anilines is 1. The molecule has 0 fully saturated rings. The Labute approximate surface area is 197 Å². The van der Waals surface area contributed by atoms with Crippen LogP contribution < -0.4 is 9.62 Å². The maximum absolute atomic E-state index is 13.4. The smallest absolute Gasteiger partial charge is 0.264 e. The first-order chi connectivity index (χ1) is 15.5. The van der Waals surface area contributed by atoms with Crippen LogP contribution in [0.3, 0.4) is 0 Å². The Morgan fingerprint density at radius 1 is 0.909 bits per heavy atom. The van der Waals surface area contributed by atoms with Gasteiger partial charge in [0.1, 0.15) is 6.54 Å². The number of carbonyl (C=O) groups excluding carboxylic acids is 1. The number of hydrogen-bond donors (Lipinski definition) is 1. The van der Waals surface area contributed by atoms with Crippen LogP contribution in [0.4, 0.5) is 5.69 Å². The van der Waals surface area contributed by atoms with E-state index in [-0.39, 0.29) is 28.8 Å². The van der Waals surface area contributed by atoms with Crippen molar-refractivity contribution in [3.63, 3.8) is 0 Å². The second-order valence-electron chi connectivity index (χ2n) is 9.32. The predicted octanol–water partition coefficient (Wildman–Crippen LogP) is 5.37. The third-order valence-electron chi connectivity index (χ3n) is 5.59. The van der Waals surface area contributed by atoms with E-state index in [1.807, 2.05) is 38.1 Å². The molecular weight excluding hydrogens is 432 g/mol. The predicted molar refractivity (Wildman–Crippen MR) is 134 cm³/mol. The van der Waals surface area contributed by atoms with E-state index in [1.54, 1.807) is 30.3 Å². The zero-order valence-corrected chi connectivity index (χ0v) is 20.7. The van der Waals surface area contributed by atoms with Crippen molar-refractivity contribution in [2.75, 3.05) is 10.8 Å². The molecule has 33 heavy (non-hydrogen) atoms. The molecule has 0 aliphatic carbocycles. The van der Waals surface area contributed by atoms with Gasteiger partial charge in [0.2, 0.25) is 5.91 Å². The zero-order valence-electron chi connectivity index (χ0n) is 19.9. The summed E-state index contributed by atoms with van der Waals surface area (Å²) in [6.45, 7) is 9.97. The molecule has 3 rings (SSSR count). The molecule has 0 heterocycles. The summed E-state index contributed by atoms with van der Waals surface area (Å²) < 4.78 is 27.9. The van der Waals surface area contributed by atoms with Gasteiger partial charge in [0.15, 0.2) is 0 Å². The summed E-state index contributed by atoms with van der Waals surface area (Å²) in [5.41, 5.74) is 3.67. The number of amides is 1. The number of sulfonamides is 1. The fourth-order valence-electron chi connectivity index (χ4n) is 3.52. The minimum atomic E-state index is -3.91. The molecule has 1 N–H and O–H groups in total. The summed E-state index contributed by atoms with van der Waals surface area (Å²) in [4.78, 5) is 13.1. The summed E-state index contributed by atoms with van der Waals surface area (Å²) >= 11 is 0. The van der Waals surface area contributed by atoms with Crippen LogP contribution in [0.5, 0.6) is 0 Å². The largest absolute Gasteiger partial charge is 0.348 e. The SMILES string of the molecule is Cc1ccc(N(CC(=O)N[C@H](C)c2ccc(C(C)(C)C)cc2)S(=O)(=O)c2ccccc2)cc1. The van der Waals surface area contributed by atoms with E-state index in [1.165, 1.54) is 17.7 Å². The molecule has 1 atom stereocenters. The van der Waals surface area contributed by atoms with Crippen LogP contribution in [0.1, 0.15) is 50.4 Å². The summed E-state index contributed by atoms with van der Waals surface area (Å²) in [5, 5.41) is 2.94. The first-order valence-corrected chi connectivity index (χ1v) is 12.5. The Kier molecular flexibility index (Phi) is 7.28. The van der Waals surface area contributed by atoms with Crippen molar-refractivity contribution in [1.29, 1.82) is 0 Å². The number of benzene rings is 3. The first kappa shape index (κ1) is 24.5. The van der Waals surface area contributed by atoms with Crippen molar-refractivity contribution in [2.45, 2.75) is 51.0 Å². The lowest BCUT2D eigenvalue weighted by Crippen LogP contribution is -2.41. The number of nitrogens with zero attached hydrogens (tertiary/aromatic N) is 1. The van der Waals surface area contributed by atoms with Gasteiger partial charge in [0.25, 0.3) is 10.0 Å². The number of carbonyl (C=O) groups is 1. The Bertz CT molecular complexity index is 1180. The second kappa shape index (κ2) is 9.79. The van der Waals surface area contributed by atoms with E-state index in [0.717, 1.165) is 15.4 Å². The maximum atomic E-state index is 13.4. The highest BCUT2D eigenvalue weighted by atomic mass is 32.2. The molecule has 174 valence electrons. The molecule has 0 aliphatic heterocycles. The molecule has 1 amide bonds. The van der Waals surface area contributed by atoms with Crippen LogP contribution in [-0.2, 0) is 20.2 Å². The van der Waals surface area contributed by atoms with Crippen molar-refractivity contribution in [1.82, 2.24) is 5.32 Å². The Hall–Kier alpha value is -3.12. The van der Waals surface area contributed by atoms with Crippen molar-refractivity contribution < 1.29 is 13.2 Å². The van der Waals surface area contributed by atoms with Gasteiger partial charge < -0.3 is 5.32 Å². The molecule has 5 nitrogen and oxygen atoms in total. The summed E-state index contributed by atoms with van der Waals surface area (Å²) in [5.74, 6) is -0.373. The van der Waals surface area contributed by atoms with E-state index in [0.29, 0.717) is 5.69 Å². The van der Waals surface area contributed by atoms with E-state index in [4.69, 9.17) is 0 Å². The van der Waals surface area contributed by atoms with Gasteiger partial charge in [-0.25, -0.2) is 8.42 Å². The molecule has 3 aromatic carbocycles. The van der Waals surface area contributed by atoms with Gasteiger partial charge >= 0.3 is 0 Å². The highest BCUT2D eigenvalue weighted by Gasteiger charge is 2.27. The second-order valence-corrected chi connectivity index (χ2v) is 11.2. The van der Waals surface area contributed by atoms with Crippen molar-refractivity contribution in [3.8, 4) is 0 Å². The van der Waals surface area contributed by atoms with Gasteiger partial charge in [-0.05, 0) is 54.7 Å². The van der Waals surface area contributed by atoms with Gasteiger partial charge in [-0.2, -0.15) is 0 Å². The van der Waals surface area contributed by atoms with Crippen LogP contribution in [-0.4, -0.2) is 20.9 Å². The molecular formula is C27H32N2O3S. The Balaban J connectivity index is 1.82. The molecule has 3 aromatic rings. The molecule has 0 bridgehead atoms. The van der Waals surface area contributed by atoms with E-state index in [9.17, 15) is 13.2 Å². The van der Waals surface area contributed by atoms with E-state index < -0.39 is 10.0 Å². The lowest BCUT2D eigenvalue weighted by Gasteiger charge is -2.25.